The maximum atomic E-state index is 4.68. The Hall–Kier alpha value is -2.34. The topological polar surface area (TPSA) is 68.3 Å². The number of aromatic amines is 1. The van der Waals surface area contributed by atoms with Crippen LogP contribution in [0.3, 0.4) is 0 Å². The molecule has 3 rings (SSSR count). The Balaban J connectivity index is 1.45. The van der Waals surface area contributed by atoms with Crippen molar-refractivity contribution in [1.82, 2.24) is 25.5 Å². The molecule has 0 unspecified atom stereocenters. The number of nitrogens with one attached hydrogen (secondary N) is 3. The van der Waals surface area contributed by atoms with Gasteiger partial charge in [0.05, 0.1) is 11.9 Å². The maximum Gasteiger partial charge on any atom is 0.191 e. The molecule has 1 aliphatic heterocycles. The van der Waals surface area contributed by atoms with Crippen molar-refractivity contribution in [2.24, 2.45) is 4.99 Å². The van der Waals surface area contributed by atoms with E-state index in [0.717, 1.165) is 42.6 Å². The zero-order valence-electron chi connectivity index (χ0n) is 17.1. The Morgan fingerprint density at radius 3 is 2.64 bits per heavy atom. The smallest absolute Gasteiger partial charge is 0.191 e. The van der Waals surface area contributed by atoms with Crippen LogP contribution in [0.25, 0.3) is 11.3 Å². The number of likely N-dealkylation sites (tertiary alicyclic amines) is 1. The van der Waals surface area contributed by atoms with E-state index < -0.39 is 0 Å². The van der Waals surface area contributed by atoms with Crippen molar-refractivity contribution in [3.05, 3.63) is 42.4 Å². The SMILES string of the molecule is CCNC(=NCc1ncc(-c2ccccc2)[nH]1)NCCCN1CCCCCC1. The molecule has 2 aromatic rings. The molecule has 1 aromatic carbocycles. The molecule has 0 saturated carbocycles. The van der Waals surface area contributed by atoms with E-state index >= 15 is 0 Å². The normalized spacial score (nSPS) is 16.0. The van der Waals surface area contributed by atoms with Crippen LogP contribution in [0.2, 0.25) is 0 Å². The number of H-pyrrole nitrogens is 1. The van der Waals surface area contributed by atoms with Crippen LogP contribution in [0.1, 0.15) is 44.9 Å². The van der Waals surface area contributed by atoms with Crippen LogP contribution in [0.5, 0.6) is 0 Å². The van der Waals surface area contributed by atoms with Crippen LogP contribution in [0, 0.1) is 0 Å². The summed E-state index contributed by atoms with van der Waals surface area (Å²) in [5, 5.41) is 6.78. The Bertz CT molecular complexity index is 701. The summed E-state index contributed by atoms with van der Waals surface area (Å²) in [6.45, 7) is 8.11. The fourth-order valence-electron chi connectivity index (χ4n) is 3.57. The number of guanidine groups is 1. The second-order valence-electron chi connectivity index (χ2n) is 7.34. The van der Waals surface area contributed by atoms with Crippen molar-refractivity contribution in [3.63, 3.8) is 0 Å². The van der Waals surface area contributed by atoms with Crippen molar-refractivity contribution in [3.8, 4) is 11.3 Å². The molecule has 1 aliphatic rings. The van der Waals surface area contributed by atoms with Gasteiger partial charge in [-0.2, -0.15) is 0 Å². The van der Waals surface area contributed by atoms with E-state index in [2.05, 4.69) is 49.6 Å². The van der Waals surface area contributed by atoms with Gasteiger partial charge in [-0.05, 0) is 51.4 Å². The van der Waals surface area contributed by atoms with Crippen molar-refractivity contribution in [2.45, 2.75) is 45.6 Å². The average molecular weight is 383 g/mol. The van der Waals surface area contributed by atoms with Crippen molar-refractivity contribution >= 4 is 5.96 Å². The lowest BCUT2D eigenvalue weighted by Gasteiger charge is -2.20. The Morgan fingerprint density at radius 1 is 1.11 bits per heavy atom. The van der Waals surface area contributed by atoms with E-state index in [9.17, 15) is 0 Å². The van der Waals surface area contributed by atoms with Crippen molar-refractivity contribution < 1.29 is 0 Å². The third-order valence-electron chi connectivity index (χ3n) is 5.09. The minimum Gasteiger partial charge on any atom is -0.357 e. The molecule has 0 spiro atoms. The lowest BCUT2D eigenvalue weighted by Crippen LogP contribution is -2.39. The molecule has 6 nitrogen and oxygen atoms in total. The molecule has 0 bridgehead atoms. The molecule has 2 heterocycles. The van der Waals surface area contributed by atoms with Gasteiger partial charge in [0, 0.05) is 13.1 Å². The second kappa shape index (κ2) is 11.5. The number of aromatic nitrogens is 2. The van der Waals surface area contributed by atoms with Crippen LogP contribution >= 0.6 is 0 Å². The summed E-state index contributed by atoms with van der Waals surface area (Å²) < 4.78 is 0. The summed E-state index contributed by atoms with van der Waals surface area (Å²) in [4.78, 5) is 15.1. The molecule has 6 heteroatoms. The highest BCUT2D eigenvalue weighted by Crippen LogP contribution is 2.16. The summed E-state index contributed by atoms with van der Waals surface area (Å²) in [5.74, 6) is 1.73. The van der Waals surface area contributed by atoms with E-state index in [0.29, 0.717) is 6.54 Å². The largest absolute Gasteiger partial charge is 0.357 e. The van der Waals surface area contributed by atoms with Crippen LogP contribution < -0.4 is 10.6 Å². The Morgan fingerprint density at radius 2 is 1.89 bits per heavy atom. The van der Waals surface area contributed by atoms with E-state index in [1.165, 1.54) is 45.3 Å². The van der Waals surface area contributed by atoms with Gasteiger partial charge in [0.2, 0.25) is 0 Å². The number of hydrogen-bond acceptors (Lipinski definition) is 3. The summed E-state index contributed by atoms with van der Waals surface area (Å²) in [6.07, 6.45) is 8.51. The first-order valence-electron chi connectivity index (χ1n) is 10.7. The molecule has 1 saturated heterocycles. The van der Waals surface area contributed by atoms with Crippen molar-refractivity contribution in [2.75, 3.05) is 32.7 Å². The van der Waals surface area contributed by atoms with Gasteiger partial charge >= 0.3 is 0 Å². The first-order valence-corrected chi connectivity index (χ1v) is 10.7. The number of hydrogen-bond donors (Lipinski definition) is 3. The first kappa shape index (κ1) is 20.4. The minimum absolute atomic E-state index is 0.536. The summed E-state index contributed by atoms with van der Waals surface area (Å²) in [7, 11) is 0. The number of benzene rings is 1. The fraction of sp³-hybridized carbons (Fsp3) is 0.545. The molecule has 28 heavy (non-hydrogen) atoms. The Kier molecular flexibility index (Phi) is 8.37. The lowest BCUT2D eigenvalue weighted by molar-refractivity contribution is 0.282. The predicted octanol–water partition coefficient (Wildman–Crippen LogP) is 3.40. The van der Waals surface area contributed by atoms with Crippen LogP contribution in [0.4, 0.5) is 0 Å². The van der Waals surface area contributed by atoms with Gasteiger partial charge in [0.15, 0.2) is 5.96 Å². The number of nitrogens with zero attached hydrogens (tertiary/aromatic N) is 3. The molecule has 0 radical (unpaired) electrons. The van der Waals surface area contributed by atoms with Crippen LogP contribution in [0.15, 0.2) is 41.5 Å². The van der Waals surface area contributed by atoms with Crippen LogP contribution in [-0.2, 0) is 6.54 Å². The summed E-state index contributed by atoms with van der Waals surface area (Å²) in [6, 6.07) is 10.2. The molecule has 0 atom stereocenters. The van der Waals surface area contributed by atoms with Gasteiger partial charge < -0.3 is 20.5 Å². The minimum atomic E-state index is 0.536. The number of rotatable bonds is 8. The van der Waals surface area contributed by atoms with Crippen LogP contribution in [-0.4, -0.2) is 53.6 Å². The summed E-state index contributed by atoms with van der Waals surface area (Å²) >= 11 is 0. The fourth-order valence-corrected chi connectivity index (χ4v) is 3.57. The molecule has 152 valence electrons. The highest BCUT2D eigenvalue weighted by atomic mass is 15.2. The van der Waals surface area contributed by atoms with Gasteiger partial charge in [-0.25, -0.2) is 9.98 Å². The third kappa shape index (κ3) is 6.68. The maximum absolute atomic E-state index is 4.68. The molecule has 3 N–H and O–H groups in total. The van der Waals surface area contributed by atoms with E-state index in [1.54, 1.807) is 0 Å². The molecule has 0 amide bonds. The zero-order chi connectivity index (χ0) is 19.4. The van der Waals surface area contributed by atoms with Gasteiger partial charge in [0.1, 0.15) is 12.4 Å². The molecule has 0 aliphatic carbocycles. The Labute approximate surface area is 168 Å². The van der Waals surface area contributed by atoms with Gasteiger partial charge in [0.25, 0.3) is 0 Å². The number of aliphatic imine (C=N–C) groups is 1. The molecule has 1 fully saturated rings. The van der Waals surface area contributed by atoms with Crippen molar-refractivity contribution in [1.29, 1.82) is 0 Å². The third-order valence-corrected chi connectivity index (χ3v) is 5.09. The second-order valence-corrected chi connectivity index (χ2v) is 7.34. The monoisotopic (exact) mass is 382 g/mol. The predicted molar refractivity (Wildman–Crippen MR) is 116 cm³/mol. The van der Waals surface area contributed by atoms with E-state index in [1.807, 2.05) is 24.4 Å². The highest BCUT2D eigenvalue weighted by Gasteiger charge is 2.08. The van der Waals surface area contributed by atoms with E-state index in [4.69, 9.17) is 0 Å². The quantitative estimate of drug-likeness (QED) is 0.372. The lowest BCUT2D eigenvalue weighted by atomic mass is 10.2. The first-order chi connectivity index (χ1) is 13.8. The van der Waals surface area contributed by atoms with Gasteiger partial charge in [-0.15, -0.1) is 0 Å². The molecular weight excluding hydrogens is 348 g/mol. The molecule has 1 aromatic heterocycles. The average Bonchev–Trinajstić information content (AvgIpc) is 3.05. The highest BCUT2D eigenvalue weighted by molar-refractivity contribution is 5.79. The van der Waals surface area contributed by atoms with Gasteiger partial charge in [-0.3, -0.25) is 0 Å². The standard InChI is InChI=1S/C22H34N6/c1-2-23-22(24-13-10-16-28-14-8-3-4-9-15-28)26-18-21-25-17-20(27-21)19-11-6-5-7-12-19/h5-7,11-12,17H,2-4,8-10,13-16,18H2,1H3,(H,25,27)(H2,23,24,26). The zero-order valence-corrected chi connectivity index (χ0v) is 17.1. The summed E-state index contributed by atoms with van der Waals surface area (Å²) in [5.41, 5.74) is 2.17. The van der Waals surface area contributed by atoms with E-state index in [-0.39, 0.29) is 0 Å². The molecular formula is C22H34N6. The number of imidazole rings is 1. The van der Waals surface area contributed by atoms with Gasteiger partial charge in [-0.1, -0.05) is 43.2 Å².